The van der Waals surface area contributed by atoms with Gasteiger partial charge in [0.05, 0.1) is 0 Å². The molecular weight excluding hydrogens is 413 g/mol. The number of rotatable bonds is 4. The van der Waals surface area contributed by atoms with Crippen molar-refractivity contribution in [2.75, 3.05) is 31.6 Å². The fraction of sp³-hybridized carbons (Fsp3) is 0.562. The number of benzene rings is 1. The summed E-state index contributed by atoms with van der Waals surface area (Å²) in [7, 11) is 1.74. The highest BCUT2D eigenvalue weighted by atomic mass is 127. The number of nitrogens with zero attached hydrogens (tertiary/aromatic N) is 2. The average molecular weight is 436 g/mol. The molecule has 1 unspecified atom stereocenters. The highest BCUT2D eigenvalue weighted by Gasteiger charge is 2.27. The van der Waals surface area contributed by atoms with Gasteiger partial charge in [0.15, 0.2) is 5.96 Å². The number of guanidine groups is 1. The topological polar surface area (TPSA) is 39.7 Å². The molecule has 2 N–H and O–H groups in total. The normalized spacial score (nSPS) is 21.1. The van der Waals surface area contributed by atoms with Gasteiger partial charge in [-0.05, 0) is 37.3 Å². The number of halogens is 3. The number of hydrogen-bond donors (Lipinski definition) is 2. The molecule has 1 atom stereocenters. The lowest BCUT2D eigenvalue weighted by atomic mass is 10.2. The molecule has 23 heavy (non-hydrogen) atoms. The van der Waals surface area contributed by atoms with Crippen LogP contribution >= 0.6 is 24.0 Å². The zero-order valence-electron chi connectivity index (χ0n) is 13.2. The van der Waals surface area contributed by atoms with Crippen LogP contribution in [0.2, 0.25) is 0 Å². The summed E-state index contributed by atoms with van der Waals surface area (Å²) in [5.74, 6) is 0.535. The minimum absolute atomic E-state index is 0. The number of anilines is 1. The van der Waals surface area contributed by atoms with Crippen LogP contribution in [0.4, 0.5) is 14.5 Å². The summed E-state index contributed by atoms with van der Waals surface area (Å²) in [6, 6.07) is 4.14. The predicted octanol–water partition coefficient (Wildman–Crippen LogP) is 2.74. The van der Waals surface area contributed by atoms with Gasteiger partial charge in [0.1, 0.15) is 17.3 Å². The fourth-order valence-corrected chi connectivity index (χ4v) is 2.82. The summed E-state index contributed by atoms with van der Waals surface area (Å²) >= 11 is 0. The quantitative estimate of drug-likeness (QED) is 0.433. The third-order valence-electron chi connectivity index (χ3n) is 4.26. The lowest BCUT2D eigenvalue weighted by Gasteiger charge is -2.21. The Morgan fingerprint density at radius 3 is 2.57 bits per heavy atom. The first-order valence-electron chi connectivity index (χ1n) is 7.83. The van der Waals surface area contributed by atoms with Crippen molar-refractivity contribution in [3.8, 4) is 0 Å². The van der Waals surface area contributed by atoms with Crippen LogP contribution in [-0.4, -0.2) is 38.7 Å². The molecule has 1 heterocycles. The summed E-state index contributed by atoms with van der Waals surface area (Å²) in [6.45, 7) is 2.15. The predicted molar refractivity (Wildman–Crippen MR) is 99.6 cm³/mol. The molecule has 1 aliphatic heterocycles. The minimum Gasteiger partial charge on any atom is -0.365 e. The van der Waals surface area contributed by atoms with Gasteiger partial charge < -0.3 is 15.5 Å². The zero-order valence-corrected chi connectivity index (χ0v) is 15.5. The van der Waals surface area contributed by atoms with Gasteiger partial charge in [0, 0.05) is 32.7 Å². The van der Waals surface area contributed by atoms with E-state index in [1.54, 1.807) is 11.9 Å². The standard InChI is InChI=1S/C16H22F2N4.HI/c1-19-16(20-9-11-5-6-11)21-12-7-8-22(10-12)15-13(17)3-2-4-14(15)18;/h2-4,11-12H,5-10H2,1H3,(H2,19,20,21);1H. The van der Waals surface area contributed by atoms with Gasteiger partial charge in [0.2, 0.25) is 0 Å². The minimum atomic E-state index is -0.503. The Morgan fingerprint density at radius 1 is 1.26 bits per heavy atom. The molecule has 0 aromatic heterocycles. The Balaban J connectivity index is 0.00000192. The molecular formula is C16H23F2IN4. The van der Waals surface area contributed by atoms with E-state index in [-0.39, 0.29) is 35.7 Å². The molecule has 3 rings (SSSR count). The molecule has 1 saturated heterocycles. The molecule has 1 aromatic carbocycles. The SMILES string of the molecule is CN=C(NCC1CC1)NC1CCN(c2c(F)cccc2F)C1.I. The number of nitrogens with one attached hydrogen (secondary N) is 2. The van der Waals surface area contributed by atoms with Crippen LogP contribution in [0, 0.1) is 17.6 Å². The summed E-state index contributed by atoms with van der Waals surface area (Å²) < 4.78 is 27.7. The number of aliphatic imine (C=N–C) groups is 1. The second-order valence-corrected chi connectivity index (χ2v) is 6.04. The second kappa shape index (κ2) is 8.12. The smallest absolute Gasteiger partial charge is 0.191 e. The molecule has 7 heteroatoms. The third kappa shape index (κ3) is 4.68. The highest BCUT2D eigenvalue weighted by Crippen LogP contribution is 2.28. The molecule has 0 radical (unpaired) electrons. The van der Waals surface area contributed by atoms with Gasteiger partial charge in [-0.1, -0.05) is 6.07 Å². The van der Waals surface area contributed by atoms with Gasteiger partial charge in [-0.15, -0.1) is 24.0 Å². The van der Waals surface area contributed by atoms with E-state index in [0.717, 1.165) is 24.8 Å². The van der Waals surface area contributed by atoms with E-state index in [0.29, 0.717) is 13.1 Å². The van der Waals surface area contributed by atoms with E-state index in [2.05, 4.69) is 15.6 Å². The van der Waals surface area contributed by atoms with Crippen LogP contribution in [0.1, 0.15) is 19.3 Å². The molecule has 2 aliphatic rings. The fourth-order valence-electron chi connectivity index (χ4n) is 2.82. The van der Waals surface area contributed by atoms with Crippen LogP contribution in [-0.2, 0) is 0 Å². The zero-order chi connectivity index (χ0) is 15.5. The van der Waals surface area contributed by atoms with Crippen molar-refractivity contribution in [2.24, 2.45) is 10.9 Å². The van der Waals surface area contributed by atoms with E-state index >= 15 is 0 Å². The van der Waals surface area contributed by atoms with E-state index in [1.807, 2.05) is 0 Å². The van der Waals surface area contributed by atoms with Gasteiger partial charge >= 0.3 is 0 Å². The number of para-hydroxylation sites is 1. The summed E-state index contributed by atoms with van der Waals surface area (Å²) in [4.78, 5) is 5.97. The maximum absolute atomic E-state index is 13.8. The van der Waals surface area contributed by atoms with Gasteiger partial charge in [-0.25, -0.2) is 8.78 Å². The van der Waals surface area contributed by atoms with Crippen LogP contribution < -0.4 is 15.5 Å². The van der Waals surface area contributed by atoms with Crippen molar-refractivity contribution >= 4 is 35.6 Å². The van der Waals surface area contributed by atoms with Crippen molar-refractivity contribution in [1.82, 2.24) is 10.6 Å². The molecule has 0 spiro atoms. The van der Waals surface area contributed by atoms with Crippen molar-refractivity contribution < 1.29 is 8.78 Å². The highest BCUT2D eigenvalue weighted by molar-refractivity contribution is 14.0. The van der Waals surface area contributed by atoms with Crippen LogP contribution in [0.5, 0.6) is 0 Å². The molecule has 2 fully saturated rings. The monoisotopic (exact) mass is 436 g/mol. The maximum Gasteiger partial charge on any atom is 0.191 e. The first-order chi connectivity index (χ1) is 10.7. The average Bonchev–Trinajstić information content (AvgIpc) is 3.22. The van der Waals surface area contributed by atoms with Gasteiger partial charge in [-0.2, -0.15) is 0 Å². The molecule has 4 nitrogen and oxygen atoms in total. The number of hydrogen-bond acceptors (Lipinski definition) is 2. The lowest BCUT2D eigenvalue weighted by molar-refractivity contribution is 0.575. The van der Waals surface area contributed by atoms with E-state index in [4.69, 9.17) is 0 Å². The molecule has 0 amide bonds. The first kappa shape index (κ1) is 18.2. The third-order valence-corrected chi connectivity index (χ3v) is 4.26. The van der Waals surface area contributed by atoms with Gasteiger partial charge in [0.25, 0.3) is 0 Å². The Bertz CT molecular complexity index is 543. The van der Waals surface area contributed by atoms with E-state index in [9.17, 15) is 8.78 Å². The van der Waals surface area contributed by atoms with Crippen LogP contribution in [0.25, 0.3) is 0 Å². The molecule has 1 aliphatic carbocycles. The summed E-state index contributed by atoms with van der Waals surface area (Å²) in [5.41, 5.74) is 0.0766. The largest absolute Gasteiger partial charge is 0.365 e. The van der Waals surface area contributed by atoms with E-state index in [1.165, 1.54) is 31.0 Å². The molecule has 1 aromatic rings. The Hall–Kier alpha value is -1.12. The summed E-state index contributed by atoms with van der Waals surface area (Å²) in [5, 5.41) is 6.65. The Kier molecular flexibility index (Phi) is 6.43. The van der Waals surface area contributed by atoms with Crippen molar-refractivity contribution in [3.63, 3.8) is 0 Å². The Morgan fingerprint density at radius 2 is 1.96 bits per heavy atom. The molecule has 1 saturated carbocycles. The molecule has 0 bridgehead atoms. The van der Waals surface area contributed by atoms with Crippen molar-refractivity contribution in [1.29, 1.82) is 0 Å². The van der Waals surface area contributed by atoms with Crippen molar-refractivity contribution in [3.05, 3.63) is 29.8 Å². The van der Waals surface area contributed by atoms with Gasteiger partial charge in [-0.3, -0.25) is 4.99 Å². The first-order valence-corrected chi connectivity index (χ1v) is 7.83. The van der Waals surface area contributed by atoms with Crippen LogP contribution in [0.3, 0.4) is 0 Å². The van der Waals surface area contributed by atoms with Crippen molar-refractivity contribution in [2.45, 2.75) is 25.3 Å². The lowest BCUT2D eigenvalue weighted by Crippen LogP contribution is -2.45. The van der Waals surface area contributed by atoms with E-state index < -0.39 is 11.6 Å². The Labute approximate surface area is 152 Å². The summed E-state index contributed by atoms with van der Waals surface area (Å²) in [6.07, 6.45) is 3.40. The maximum atomic E-state index is 13.8. The van der Waals surface area contributed by atoms with Crippen LogP contribution in [0.15, 0.2) is 23.2 Å². The second-order valence-electron chi connectivity index (χ2n) is 6.04. The molecule has 128 valence electrons.